The summed E-state index contributed by atoms with van der Waals surface area (Å²) in [4.78, 5) is 9.64. The first-order chi connectivity index (χ1) is 3.56. The van der Waals surface area contributed by atoms with Gasteiger partial charge in [0.15, 0.2) is 0 Å². The summed E-state index contributed by atoms with van der Waals surface area (Å²) in [6, 6.07) is 0. The molecular formula is C7H11O. The van der Waals surface area contributed by atoms with Gasteiger partial charge in [0, 0.05) is 0 Å². The zero-order chi connectivity index (χ0) is 6.62. The summed E-state index contributed by atoms with van der Waals surface area (Å²) in [6.45, 7) is 6.09. The van der Waals surface area contributed by atoms with Crippen molar-refractivity contribution < 1.29 is 4.79 Å². The topological polar surface area (TPSA) is 17.1 Å². The van der Waals surface area contributed by atoms with Crippen molar-refractivity contribution in [2.24, 2.45) is 5.41 Å². The van der Waals surface area contributed by atoms with Crippen LogP contribution in [-0.2, 0) is 4.79 Å². The molecule has 0 amide bonds. The van der Waals surface area contributed by atoms with Crippen LogP contribution in [0.1, 0.15) is 20.8 Å². The molecule has 0 rings (SSSR count). The quantitative estimate of drug-likeness (QED) is 0.471. The van der Waals surface area contributed by atoms with Crippen molar-refractivity contribution in [1.29, 1.82) is 0 Å². The number of carbonyl (C=O) groups excluding carboxylic acids is 1. The molecule has 0 aliphatic carbocycles. The maximum Gasteiger partial charge on any atom is 0.225 e. The first-order valence-corrected chi connectivity index (χ1v) is 2.61. The summed E-state index contributed by atoms with van der Waals surface area (Å²) < 4.78 is 0. The number of hydrogen-bond acceptors (Lipinski definition) is 1. The molecule has 1 heteroatoms. The van der Waals surface area contributed by atoms with E-state index in [0.717, 1.165) is 0 Å². The van der Waals surface area contributed by atoms with Gasteiger partial charge in [-0.05, 0) is 11.5 Å². The first-order valence-electron chi connectivity index (χ1n) is 2.61. The van der Waals surface area contributed by atoms with E-state index in [1.54, 1.807) is 6.29 Å². The molecule has 1 radical (unpaired) electrons. The van der Waals surface area contributed by atoms with E-state index in [1.165, 1.54) is 6.08 Å². The molecule has 0 aromatic carbocycles. The van der Waals surface area contributed by atoms with Gasteiger partial charge in [0.25, 0.3) is 0 Å². The second-order valence-electron chi connectivity index (χ2n) is 2.82. The standard InChI is InChI=1S/C7H11O/c1-7(2,3)5-4-6-8/h4-5H,1-3H3. The van der Waals surface area contributed by atoms with Gasteiger partial charge in [-0.25, -0.2) is 0 Å². The molecular weight excluding hydrogens is 100 g/mol. The minimum atomic E-state index is 0.109. The highest BCUT2D eigenvalue weighted by atomic mass is 16.1. The Morgan fingerprint density at radius 1 is 1.38 bits per heavy atom. The van der Waals surface area contributed by atoms with E-state index >= 15 is 0 Å². The molecule has 0 spiro atoms. The van der Waals surface area contributed by atoms with Crippen LogP contribution in [0.3, 0.4) is 0 Å². The third-order valence-electron chi connectivity index (χ3n) is 0.651. The molecule has 8 heavy (non-hydrogen) atoms. The Bertz CT molecular complexity index is 95.4. The summed E-state index contributed by atoms with van der Waals surface area (Å²) in [5.74, 6) is 0. The average Bonchev–Trinajstić information content (AvgIpc) is 1.59. The molecule has 0 aliphatic heterocycles. The molecule has 45 valence electrons. The van der Waals surface area contributed by atoms with Gasteiger partial charge in [-0.3, -0.25) is 4.79 Å². The van der Waals surface area contributed by atoms with Gasteiger partial charge < -0.3 is 0 Å². The van der Waals surface area contributed by atoms with Gasteiger partial charge in [-0.1, -0.05) is 26.8 Å². The van der Waals surface area contributed by atoms with Gasteiger partial charge >= 0.3 is 0 Å². The van der Waals surface area contributed by atoms with Gasteiger partial charge in [-0.15, -0.1) is 0 Å². The molecule has 0 aromatic rings. The molecule has 0 atom stereocenters. The SMILES string of the molecule is CC(C)(C)C=C[C]=O. The van der Waals surface area contributed by atoms with Crippen LogP contribution in [-0.4, -0.2) is 6.29 Å². The van der Waals surface area contributed by atoms with Gasteiger partial charge in [-0.2, -0.15) is 0 Å². The van der Waals surface area contributed by atoms with Crippen molar-refractivity contribution >= 4 is 6.29 Å². The molecule has 0 heterocycles. The van der Waals surface area contributed by atoms with Gasteiger partial charge in [0.1, 0.15) is 0 Å². The maximum atomic E-state index is 9.64. The highest BCUT2D eigenvalue weighted by Gasteiger charge is 2.01. The third-order valence-corrected chi connectivity index (χ3v) is 0.651. The van der Waals surface area contributed by atoms with Gasteiger partial charge in [0.05, 0.1) is 0 Å². The summed E-state index contributed by atoms with van der Waals surface area (Å²) >= 11 is 0. The molecule has 0 saturated heterocycles. The fourth-order valence-corrected chi connectivity index (χ4v) is 0.284. The lowest BCUT2D eigenvalue weighted by Gasteiger charge is -2.09. The van der Waals surface area contributed by atoms with E-state index in [2.05, 4.69) is 0 Å². The second kappa shape index (κ2) is 2.65. The summed E-state index contributed by atoms with van der Waals surface area (Å²) in [6.07, 6.45) is 4.92. The normalized spacial score (nSPS) is 12.4. The molecule has 1 nitrogen and oxygen atoms in total. The zero-order valence-corrected chi connectivity index (χ0v) is 5.56. The van der Waals surface area contributed by atoms with Crippen LogP contribution in [0.2, 0.25) is 0 Å². The lowest BCUT2D eigenvalue weighted by atomic mass is 9.97. The van der Waals surface area contributed by atoms with Crippen LogP contribution in [0.25, 0.3) is 0 Å². The smallest absolute Gasteiger partial charge is 0.225 e. The largest absolute Gasteiger partial charge is 0.286 e. The first kappa shape index (κ1) is 7.41. The van der Waals surface area contributed by atoms with Gasteiger partial charge in [0.2, 0.25) is 6.29 Å². The predicted molar refractivity (Wildman–Crippen MR) is 34.3 cm³/mol. The van der Waals surface area contributed by atoms with E-state index in [9.17, 15) is 4.79 Å². The Morgan fingerprint density at radius 3 is 2.00 bits per heavy atom. The van der Waals surface area contributed by atoms with Crippen molar-refractivity contribution in [1.82, 2.24) is 0 Å². The fraction of sp³-hybridized carbons (Fsp3) is 0.571. The Kier molecular flexibility index (Phi) is 2.46. The van der Waals surface area contributed by atoms with Crippen molar-refractivity contribution in [3.8, 4) is 0 Å². The Morgan fingerprint density at radius 2 is 1.88 bits per heavy atom. The van der Waals surface area contributed by atoms with Crippen molar-refractivity contribution in [2.75, 3.05) is 0 Å². The zero-order valence-electron chi connectivity index (χ0n) is 5.56. The van der Waals surface area contributed by atoms with Crippen molar-refractivity contribution in [2.45, 2.75) is 20.8 Å². The monoisotopic (exact) mass is 111 g/mol. The molecule has 0 unspecified atom stereocenters. The van der Waals surface area contributed by atoms with Crippen LogP contribution in [0.5, 0.6) is 0 Å². The Balaban J connectivity index is 3.69. The maximum absolute atomic E-state index is 9.64. The van der Waals surface area contributed by atoms with Crippen LogP contribution in [0.4, 0.5) is 0 Å². The van der Waals surface area contributed by atoms with Crippen LogP contribution >= 0.6 is 0 Å². The molecule has 0 aromatic heterocycles. The predicted octanol–water partition coefficient (Wildman–Crippen LogP) is 1.70. The van der Waals surface area contributed by atoms with Crippen molar-refractivity contribution in [3.63, 3.8) is 0 Å². The lowest BCUT2D eigenvalue weighted by Crippen LogP contribution is -1.97. The second-order valence-corrected chi connectivity index (χ2v) is 2.82. The van der Waals surface area contributed by atoms with Crippen molar-refractivity contribution in [3.05, 3.63) is 12.2 Å². The van der Waals surface area contributed by atoms with E-state index in [-0.39, 0.29) is 5.41 Å². The van der Waals surface area contributed by atoms with E-state index < -0.39 is 0 Å². The number of hydrogen-bond donors (Lipinski definition) is 0. The lowest BCUT2D eigenvalue weighted by molar-refractivity contribution is 0.540. The highest BCUT2D eigenvalue weighted by Crippen LogP contribution is 2.13. The summed E-state index contributed by atoms with van der Waals surface area (Å²) in [7, 11) is 0. The fourth-order valence-electron chi connectivity index (χ4n) is 0.284. The van der Waals surface area contributed by atoms with E-state index in [1.807, 2.05) is 26.8 Å². The number of rotatable bonds is 1. The van der Waals surface area contributed by atoms with E-state index in [4.69, 9.17) is 0 Å². The Hall–Kier alpha value is -0.590. The Labute approximate surface area is 50.4 Å². The molecule has 0 fully saturated rings. The van der Waals surface area contributed by atoms with Crippen LogP contribution < -0.4 is 0 Å². The average molecular weight is 111 g/mol. The molecule has 0 aliphatic rings. The van der Waals surface area contributed by atoms with Crippen LogP contribution in [0.15, 0.2) is 12.2 Å². The minimum absolute atomic E-state index is 0.109. The molecule has 0 N–H and O–H groups in total. The number of allylic oxidation sites excluding steroid dienone is 2. The molecule has 0 bridgehead atoms. The third kappa shape index (κ3) is 5.41. The molecule has 0 saturated carbocycles. The highest BCUT2D eigenvalue weighted by molar-refractivity contribution is 5.65. The minimum Gasteiger partial charge on any atom is -0.286 e. The van der Waals surface area contributed by atoms with E-state index in [0.29, 0.717) is 0 Å². The summed E-state index contributed by atoms with van der Waals surface area (Å²) in [5.41, 5.74) is 0.109. The summed E-state index contributed by atoms with van der Waals surface area (Å²) in [5, 5.41) is 0. The van der Waals surface area contributed by atoms with Crippen LogP contribution in [0, 0.1) is 5.41 Å².